The van der Waals surface area contributed by atoms with Gasteiger partial charge in [0.1, 0.15) is 5.60 Å². The topological polar surface area (TPSA) is 99.9 Å². The average molecular weight is 256 g/mol. The fraction of sp³-hybridized carbons (Fsp3) is 0.727. The molecule has 1 saturated heterocycles. The van der Waals surface area contributed by atoms with Crippen molar-refractivity contribution in [1.82, 2.24) is 4.90 Å². The van der Waals surface area contributed by atoms with E-state index in [0.29, 0.717) is 0 Å². The smallest absolute Gasteiger partial charge is 0.465 e. The molecule has 1 aliphatic rings. The number of ether oxygens (including phenoxy) is 2. The van der Waals surface area contributed by atoms with Crippen molar-refractivity contribution in [3.05, 3.63) is 0 Å². The van der Waals surface area contributed by atoms with Crippen LogP contribution >= 0.6 is 0 Å². The van der Waals surface area contributed by atoms with Crippen molar-refractivity contribution in [2.45, 2.75) is 39.0 Å². The Labute approximate surface area is 105 Å². The fourth-order valence-electron chi connectivity index (χ4n) is 1.59. The maximum atomic E-state index is 11.4. The molecule has 0 aliphatic carbocycles. The molecule has 100 valence electrons. The van der Waals surface area contributed by atoms with Crippen LogP contribution in [0.2, 0.25) is 0 Å². The second-order valence-electron chi connectivity index (χ2n) is 5.03. The summed E-state index contributed by atoms with van der Waals surface area (Å²) < 4.78 is 9.86. The van der Waals surface area contributed by atoms with Crippen LogP contribution in [0.1, 0.15) is 27.2 Å². The van der Waals surface area contributed by atoms with Crippen molar-refractivity contribution >= 4 is 12.2 Å². The minimum absolute atomic E-state index is 0.0410. The zero-order valence-electron chi connectivity index (χ0n) is 10.5. The quantitative estimate of drug-likeness (QED) is 0.718. The molecule has 1 heterocycles. The van der Waals surface area contributed by atoms with Crippen molar-refractivity contribution in [3.8, 4) is 6.07 Å². The summed E-state index contributed by atoms with van der Waals surface area (Å²) in [7, 11) is 0. The number of nitriles is 1. The first-order valence-electron chi connectivity index (χ1n) is 5.51. The summed E-state index contributed by atoms with van der Waals surface area (Å²) in [5, 5.41) is 17.7. The third-order valence-corrected chi connectivity index (χ3v) is 2.30. The van der Waals surface area contributed by atoms with E-state index < -0.39 is 30.0 Å². The molecule has 2 unspecified atom stereocenters. The number of nitrogens with zero attached hydrogens (tertiary/aromatic N) is 2. The molecule has 0 aromatic carbocycles. The highest BCUT2D eigenvalue weighted by molar-refractivity contribution is 5.67. The van der Waals surface area contributed by atoms with Crippen molar-refractivity contribution in [2.75, 3.05) is 6.54 Å². The molecule has 0 aromatic heterocycles. The zero-order chi connectivity index (χ0) is 13.9. The second kappa shape index (κ2) is 5.12. The molecule has 1 amide bonds. The van der Waals surface area contributed by atoms with E-state index in [2.05, 4.69) is 0 Å². The Bertz CT molecular complexity index is 382. The largest absolute Gasteiger partial charge is 0.510 e. The number of carboxylic acid groups (broad SMARTS) is 1. The molecule has 7 nitrogen and oxygen atoms in total. The van der Waals surface area contributed by atoms with Crippen LogP contribution in [0, 0.1) is 17.2 Å². The lowest BCUT2D eigenvalue weighted by atomic mass is 10.1. The van der Waals surface area contributed by atoms with Gasteiger partial charge in [-0.2, -0.15) is 5.26 Å². The molecule has 7 heteroatoms. The van der Waals surface area contributed by atoms with Gasteiger partial charge in [-0.25, -0.2) is 9.59 Å². The molecule has 0 aromatic rings. The van der Waals surface area contributed by atoms with Gasteiger partial charge in [-0.15, -0.1) is 0 Å². The lowest BCUT2D eigenvalue weighted by molar-refractivity contribution is -0.0538. The van der Waals surface area contributed by atoms with Crippen LogP contribution in [0.5, 0.6) is 0 Å². The Morgan fingerprint density at radius 1 is 1.44 bits per heavy atom. The molecule has 0 saturated carbocycles. The molecule has 1 fully saturated rings. The van der Waals surface area contributed by atoms with Gasteiger partial charge in [0, 0.05) is 13.0 Å². The Kier molecular flexibility index (Phi) is 4.01. The third-order valence-electron chi connectivity index (χ3n) is 2.30. The monoisotopic (exact) mass is 256 g/mol. The van der Waals surface area contributed by atoms with Gasteiger partial charge >= 0.3 is 12.2 Å². The molecule has 1 rings (SSSR count). The molecule has 1 N–H and O–H groups in total. The van der Waals surface area contributed by atoms with Crippen LogP contribution in [0.3, 0.4) is 0 Å². The number of likely N-dealkylation sites (tertiary alicyclic amines) is 1. The van der Waals surface area contributed by atoms with Crippen LogP contribution in [-0.2, 0) is 9.47 Å². The standard InChI is InChI=1S/C11H16N2O5/c1-11(2,3)18-10(16)17-8-4-7(5-12)6-13(8)9(14)15/h7-8H,4,6H2,1-3H3,(H,14,15). The number of carbonyl (C=O) groups excluding carboxylic acids is 1. The lowest BCUT2D eigenvalue weighted by Gasteiger charge is -2.24. The highest BCUT2D eigenvalue weighted by atomic mass is 16.7. The first-order chi connectivity index (χ1) is 8.23. The van der Waals surface area contributed by atoms with Crippen LogP contribution in [0.15, 0.2) is 0 Å². The number of rotatable bonds is 1. The molecule has 0 radical (unpaired) electrons. The summed E-state index contributed by atoms with van der Waals surface area (Å²) in [4.78, 5) is 23.3. The first kappa shape index (κ1) is 14.1. The summed E-state index contributed by atoms with van der Waals surface area (Å²) in [6.07, 6.45) is -2.94. The van der Waals surface area contributed by atoms with Gasteiger partial charge in [0.15, 0.2) is 6.23 Å². The van der Waals surface area contributed by atoms with Gasteiger partial charge in [-0.1, -0.05) is 0 Å². The normalized spacial score (nSPS) is 23.3. The van der Waals surface area contributed by atoms with Crippen molar-refractivity contribution in [3.63, 3.8) is 0 Å². The highest BCUT2D eigenvalue weighted by Crippen LogP contribution is 2.24. The summed E-state index contributed by atoms with van der Waals surface area (Å²) >= 11 is 0. The Morgan fingerprint density at radius 3 is 2.50 bits per heavy atom. The average Bonchev–Trinajstić information content (AvgIpc) is 2.57. The summed E-state index contributed by atoms with van der Waals surface area (Å²) in [5.74, 6) is -0.464. The Balaban J connectivity index is 2.62. The highest BCUT2D eigenvalue weighted by Gasteiger charge is 2.38. The van der Waals surface area contributed by atoms with Crippen molar-refractivity contribution in [2.24, 2.45) is 5.92 Å². The molecule has 2 atom stereocenters. The molecular weight excluding hydrogens is 240 g/mol. The summed E-state index contributed by atoms with van der Waals surface area (Å²) in [6, 6.07) is 1.96. The van der Waals surface area contributed by atoms with Gasteiger partial charge in [-0.3, -0.25) is 4.90 Å². The number of hydrogen-bond acceptors (Lipinski definition) is 5. The summed E-state index contributed by atoms with van der Waals surface area (Å²) in [6.45, 7) is 5.07. The third kappa shape index (κ3) is 3.80. The van der Waals surface area contributed by atoms with Crippen LogP contribution in [0.4, 0.5) is 9.59 Å². The molecular formula is C11H16N2O5. The number of hydrogen-bond donors (Lipinski definition) is 1. The molecule has 0 spiro atoms. The number of carbonyl (C=O) groups is 2. The van der Waals surface area contributed by atoms with Gasteiger partial charge in [0.05, 0.1) is 12.0 Å². The maximum Gasteiger partial charge on any atom is 0.510 e. The van der Waals surface area contributed by atoms with Crippen LogP contribution in [-0.4, -0.2) is 40.6 Å². The van der Waals surface area contributed by atoms with Gasteiger partial charge in [0.25, 0.3) is 0 Å². The van der Waals surface area contributed by atoms with E-state index in [4.69, 9.17) is 19.8 Å². The number of amides is 1. The molecule has 18 heavy (non-hydrogen) atoms. The predicted octanol–water partition coefficient (Wildman–Crippen LogP) is 1.79. The van der Waals surface area contributed by atoms with E-state index in [1.807, 2.05) is 6.07 Å². The zero-order valence-corrected chi connectivity index (χ0v) is 10.5. The van der Waals surface area contributed by atoms with E-state index in [1.54, 1.807) is 20.8 Å². The SMILES string of the molecule is CC(C)(C)OC(=O)OC1CC(C#N)CN1C(=O)O. The minimum Gasteiger partial charge on any atom is -0.465 e. The van der Waals surface area contributed by atoms with E-state index >= 15 is 0 Å². The molecule has 0 bridgehead atoms. The Hall–Kier alpha value is -1.97. The fourth-order valence-corrected chi connectivity index (χ4v) is 1.59. The van der Waals surface area contributed by atoms with Crippen molar-refractivity contribution < 1.29 is 24.2 Å². The van der Waals surface area contributed by atoms with Crippen LogP contribution < -0.4 is 0 Å². The van der Waals surface area contributed by atoms with E-state index in [0.717, 1.165) is 4.90 Å². The molecule has 1 aliphatic heterocycles. The van der Waals surface area contributed by atoms with Gasteiger partial charge in [-0.05, 0) is 20.8 Å². The Morgan fingerprint density at radius 2 is 2.06 bits per heavy atom. The van der Waals surface area contributed by atoms with Crippen LogP contribution in [0.25, 0.3) is 0 Å². The maximum absolute atomic E-state index is 11.4. The lowest BCUT2D eigenvalue weighted by Crippen LogP contribution is -2.38. The van der Waals surface area contributed by atoms with Crippen molar-refractivity contribution in [1.29, 1.82) is 5.26 Å². The van der Waals surface area contributed by atoms with Gasteiger partial charge < -0.3 is 14.6 Å². The minimum atomic E-state index is -1.22. The summed E-state index contributed by atoms with van der Waals surface area (Å²) in [5.41, 5.74) is -0.710. The van der Waals surface area contributed by atoms with E-state index in [-0.39, 0.29) is 13.0 Å². The predicted molar refractivity (Wildman–Crippen MR) is 59.6 cm³/mol. The van der Waals surface area contributed by atoms with E-state index in [1.165, 1.54) is 0 Å². The van der Waals surface area contributed by atoms with E-state index in [9.17, 15) is 9.59 Å². The van der Waals surface area contributed by atoms with Gasteiger partial charge in [0.2, 0.25) is 0 Å². The second-order valence-corrected chi connectivity index (χ2v) is 5.03. The first-order valence-corrected chi connectivity index (χ1v) is 5.51.